The Morgan fingerprint density at radius 3 is 2.67 bits per heavy atom. The van der Waals surface area contributed by atoms with E-state index in [1.807, 2.05) is 32.0 Å². The van der Waals surface area contributed by atoms with E-state index in [9.17, 15) is 9.59 Å². The molecule has 0 unspecified atom stereocenters. The van der Waals surface area contributed by atoms with Crippen molar-refractivity contribution < 1.29 is 4.79 Å². The van der Waals surface area contributed by atoms with Gasteiger partial charge in [-0.1, -0.05) is 18.2 Å². The number of aromatic amines is 1. The van der Waals surface area contributed by atoms with Crippen LogP contribution in [0.1, 0.15) is 21.6 Å². The van der Waals surface area contributed by atoms with E-state index in [-0.39, 0.29) is 17.2 Å². The van der Waals surface area contributed by atoms with Gasteiger partial charge in [-0.2, -0.15) is 0 Å². The van der Waals surface area contributed by atoms with Crippen LogP contribution in [-0.2, 0) is 0 Å². The van der Waals surface area contributed by atoms with Crippen LogP contribution in [0.3, 0.4) is 0 Å². The summed E-state index contributed by atoms with van der Waals surface area (Å²) in [4.78, 5) is 25.6. The van der Waals surface area contributed by atoms with Crippen LogP contribution in [0.15, 0.2) is 41.2 Å². The van der Waals surface area contributed by atoms with Gasteiger partial charge in [-0.05, 0) is 37.1 Å². The average molecular weight is 242 g/mol. The maximum Gasteiger partial charge on any atom is 0.272 e. The van der Waals surface area contributed by atoms with E-state index in [1.54, 1.807) is 12.1 Å². The van der Waals surface area contributed by atoms with Crippen molar-refractivity contribution in [1.82, 2.24) is 4.98 Å². The van der Waals surface area contributed by atoms with Crippen LogP contribution in [0.5, 0.6) is 0 Å². The molecule has 0 saturated heterocycles. The second kappa shape index (κ2) is 4.87. The van der Waals surface area contributed by atoms with Crippen LogP contribution in [0.2, 0.25) is 0 Å². The van der Waals surface area contributed by atoms with Crippen LogP contribution < -0.4 is 10.9 Å². The lowest BCUT2D eigenvalue weighted by atomic mass is 10.1. The van der Waals surface area contributed by atoms with Crippen LogP contribution >= 0.6 is 0 Å². The molecular formula is C14H14N2O2. The van der Waals surface area contributed by atoms with Crippen LogP contribution in [0, 0.1) is 13.8 Å². The van der Waals surface area contributed by atoms with Crippen molar-refractivity contribution in [3.63, 3.8) is 0 Å². The van der Waals surface area contributed by atoms with Gasteiger partial charge in [-0.25, -0.2) is 0 Å². The van der Waals surface area contributed by atoms with Crippen molar-refractivity contribution in [3.8, 4) is 0 Å². The van der Waals surface area contributed by atoms with Gasteiger partial charge in [0.25, 0.3) is 5.91 Å². The van der Waals surface area contributed by atoms with E-state index in [4.69, 9.17) is 0 Å². The summed E-state index contributed by atoms with van der Waals surface area (Å²) in [6.07, 6.45) is 0. The smallest absolute Gasteiger partial charge is 0.272 e. The molecule has 0 bridgehead atoms. The molecule has 0 aliphatic carbocycles. The molecular weight excluding hydrogens is 228 g/mol. The van der Waals surface area contributed by atoms with Gasteiger partial charge in [-0.15, -0.1) is 0 Å². The molecule has 0 aliphatic rings. The number of H-pyrrole nitrogens is 1. The molecule has 0 atom stereocenters. The predicted octanol–water partition coefficient (Wildman–Crippen LogP) is 2.24. The van der Waals surface area contributed by atoms with Crippen molar-refractivity contribution >= 4 is 11.6 Å². The van der Waals surface area contributed by atoms with Gasteiger partial charge in [0.05, 0.1) is 0 Å². The first-order valence-electron chi connectivity index (χ1n) is 5.64. The molecule has 0 fully saturated rings. The van der Waals surface area contributed by atoms with Crippen molar-refractivity contribution in [2.75, 3.05) is 5.32 Å². The van der Waals surface area contributed by atoms with E-state index in [1.165, 1.54) is 6.07 Å². The Balaban J connectivity index is 2.26. The van der Waals surface area contributed by atoms with Crippen LogP contribution in [0.4, 0.5) is 5.69 Å². The maximum absolute atomic E-state index is 11.9. The number of hydrogen-bond donors (Lipinski definition) is 2. The molecule has 2 N–H and O–H groups in total. The quantitative estimate of drug-likeness (QED) is 0.848. The Labute approximate surface area is 105 Å². The molecule has 0 spiro atoms. The second-order valence-electron chi connectivity index (χ2n) is 4.20. The number of aromatic nitrogens is 1. The number of hydrogen-bond acceptors (Lipinski definition) is 2. The summed E-state index contributed by atoms with van der Waals surface area (Å²) in [5, 5.41) is 2.79. The fraction of sp³-hybridized carbons (Fsp3) is 0.143. The number of amides is 1. The molecule has 4 nitrogen and oxygen atoms in total. The molecule has 4 heteroatoms. The van der Waals surface area contributed by atoms with Crippen molar-refractivity contribution in [2.45, 2.75) is 13.8 Å². The summed E-state index contributed by atoms with van der Waals surface area (Å²) < 4.78 is 0. The Kier molecular flexibility index (Phi) is 3.28. The molecule has 0 aliphatic heterocycles. The molecule has 0 radical (unpaired) electrons. The fourth-order valence-electron chi connectivity index (χ4n) is 1.64. The van der Waals surface area contributed by atoms with Crippen molar-refractivity contribution in [3.05, 3.63) is 63.6 Å². The van der Waals surface area contributed by atoms with Gasteiger partial charge in [0.15, 0.2) is 0 Å². The molecule has 1 amide bonds. The Morgan fingerprint density at radius 2 is 1.94 bits per heavy atom. The minimum atomic E-state index is -0.318. The number of benzene rings is 1. The minimum absolute atomic E-state index is 0.253. The van der Waals surface area contributed by atoms with Gasteiger partial charge in [0.2, 0.25) is 5.56 Å². The van der Waals surface area contributed by atoms with Gasteiger partial charge < -0.3 is 10.3 Å². The van der Waals surface area contributed by atoms with Gasteiger partial charge >= 0.3 is 0 Å². The first kappa shape index (κ1) is 12.1. The SMILES string of the molecule is Cc1ccc(C)c(NC(=O)c2cccc(=O)[nH]2)c1. The third-order valence-corrected chi connectivity index (χ3v) is 2.65. The topological polar surface area (TPSA) is 62.0 Å². The van der Waals surface area contributed by atoms with Gasteiger partial charge in [-0.3, -0.25) is 9.59 Å². The van der Waals surface area contributed by atoms with Gasteiger partial charge in [0.1, 0.15) is 5.69 Å². The summed E-state index contributed by atoms with van der Waals surface area (Å²) in [7, 11) is 0. The highest BCUT2D eigenvalue weighted by Crippen LogP contribution is 2.16. The average Bonchev–Trinajstić information content (AvgIpc) is 2.34. The molecule has 18 heavy (non-hydrogen) atoms. The molecule has 1 heterocycles. The van der Waals surface area contributed by atoms with Crippen molar-refractivity contribution in [1.29, 1.82) is 0 Å². The molecule has 1 aromatic heterocycles. The minimum Gasteiger partial charge on any atom is -0.320 e. The van der Waals surface area contributed by atoms with Gasteiger partial charge in [0, 0.05) is 11.8 Å². The zero-order valence-corrected chi connectivity index (χ0v) is 10.3. The molecule has 2 rings (SSSR count). The summed E-state index contributed by atoms with van der Waals surface area (Å²) in [6, 6.07) is 10.3. The monoisotopic (exact) mass is 242 g/mol. The van der Waals surface area contributed by atoms with Crippen LogP contribution in [0.25, 0.3) is 0 Å². The molecule has 2 aromatic rings. The van der Waals surface area contributed by atoms with E-state index in [0.29, 0.717) is 0 Å². The van der Waals surface area contributed by atoms with E-state index < -0.39 is 0 Å². The second-order valence-corrected chi connectivity index (χ2v) is 4.20. The lowest BCUT2D eigenvalue weighted by Crippen LogP contribution is -2.18. The lowest BCUT2D eigenvalue weighted by Gasteiger charge is -2.09. The number of anilines is 1. The summed E-state index contributed by atoms with van der Waals surface area (Å²) in [5.41, 5.74) is 2.77. The fourth-order valence-corrected chi connectivity index (χ4v) is 1.64. The first-order chi connectivity index (χ1) is 8.56. The Hall–Kier alpha value is -2.36. The number of carbonyl (C=O) groups is 1. The Morgan fingerprint density at radius 1 is 1.17 bits per heavy atom. The predicted molar refractivity (Wildman–Crippen MR) is 70.9 cm³/mol. The highest BCUT2D eigenvalue weighted by atomic mass is 16.2. The highest BCUT2D eigenvalue weighted by molar-refractivity contribution is 6.03. The normalized spacial score (nSPS) is 10.1. The zero-order valence-electron chi connectivity index (χ0n) is 10.3. The number of nitrogens with one attached hydrogen (secondary N) is 2. The lowest BCUT2D eigenvalue weighted by molar-refractivity contribution is 0.102. The third-order valence-electron chi connectivity index (χ3n) is 2.65. The number of carbonyl (C=O) groups excluding carboxylic acids is 1. The number of aryl methyl sites for hydroxylation is 2. The third kappa shape index (κ3) is 2.66. The standard InChI is InChI=1S/C14H14N2O2/c1-9-6-7-10(2)12(8-9)16-14(18)11-4-3-5-13(17)15-11/h3-8H,1-2H3,(H,15,17)(H,16,18). The molecule has 92 valence electrons. The number of rotatable bonds is 2. The Bertz CT molecular complexity index is 644. The molecule has 0 saturated carbocycles. The number of pyridine rings is 1. The summed E-state index contributed by atoms with van der Waals surface area (Å²) in [6.45, 7) is 3.88. The summed E-state index contributed by atoms with van der Waals surface area (Å²) >= 11 is 0. The zero-order chi connectivity index (χ0) is 13.1. The van der Waals surface area contributed by atoms with Crippen molar-refractivity contribution in [2.24, 2.45) is 0 Å². The summed E-state index contributed by atoms with van der Waals surface area (Å²) in [5.74, 6) is -0.318. The highest BCUT2D eigenvalue weighted by Gasteiger charge is 2.08. The van der Waals surface area contributed by atoms with E-state index in [0.717, 1.165) is 16.8 Å². The molecule has 1 aromatic carbocycles. The van der Waals surface area contributed by atoms with Crippen LogP contribution in [-0.4, -0.2) is 10.9 Å². The maximum atomic E-state index is 11.9. The van der Waals surface area contributed by atoms with E-state index in [2.05, 4.69) is 10.3 Å². The van der Waals surface area contributed by atoms with E-state index >= 15 is 0 Å². The first-order valence-corrected chi connectivity index (χ1v) is 5.64. The largest absolute Gasteiger partial charge is 0.320 e.